The second-order valence-corrected chi connectivity index (χ2v) is 3.98. The Hall–Kier alpha value is -1.16. The molecule has 2 rings (SSSR count). The Morgan fingerprint density at radius 1 is 1.60 bits per heavy atom. The number of pyridine rings is 1. The summed E-state index contributed by atoms with van der Waals surface area (Å²) in [5.74, 6) is 0.351. The van der Waals surface area contributed by atoms with Crippen LogP contribution in [0.4, 0.5) is 4.39 Å². The summed E-state index contributed by atoms with van der Waals surface area (Å²) < 4.78 is 14.8. The molecule has 0 aliphatic carbocycles. The average Bonchev–Trinajstić information content (AvgIpc) is 2.55. The van der Waals surface area contributed by atoms with Crippen LogP contribution < -0.4 is 0 Å². The highest BCUT2D eigenvalue weighted by Crippen LogP contribution is 2.23. The zero-order valence-corrected chi connectivity index (χ0v) is 9.29. The van der Waals surface area contributed by atoms with E-state index in [1.54, 1.807) is 0 Å². The summed E-state index contributed by atoms with van der Waals surface area (Å²) in [6, 6.07) is 1.37. The van der Waals surface area contributed by atoms with E-state index >= 15 is 0 Å². The number of nitrogens with zero attached hydrogens (tertiary/aromatic N) is 3. The Balaban J connectivity index is 2.73. The van der Waals surface area contributed by atoms with Crippen LogP contribution in [0.3, 0.4) is 0 Å². The van der Waals surface area contributed by atoms with Crippen LogP contribution >= 0.6 is 11.6 Å². The molecule has 2 aromatic rings. The monoisotopic (exact) mass is 227 g/mol. The van der Waals surface area contributed by atoms with E-state index in [2.05, 4.69) is 9.97 Å². The molecule has 0 spiro atoms. The molecule has 1 unspecified atom stereocenters. The van der Waals surface area contributed by atoms with Crippen LogP contribution in [0.2, 0.25) is 0 Å². The molecule has 80 valence electrons. The first-order valence-corrected chi connectivity index (χ1v) is 5.23. The number of hydrogen-bond acceptors (Lipinski definition) is 2. The Kier molecular flexibility index (Phi) is 2.61. The largest absolute Gasteiger partial charge is 0.312 e. The number of alkyl halides is 1. The van der Waals surface area contributed by atoms with E-state index in [1.165, 1.54) is 12.3 Å². The smallest absolute Gasteiger partial charge is 0.160 e. The number of rotatable bonds is 2. The fraction of sp³-hybridized carbons (Fsp3) is 0.400. The highest BCUT2D eigenvalue weighted by molar-refractivity contribution is 6.20. The number of imidazole rings is 1. The quantitative estimate of drug-likeness (QED) is 0.739. The van der Waals surface area contributed by atoms with Gasteiger partial charge in [0.15, 0.2) is 5.65 Å². The van der Waals surface area contributed by atoms with Crippen molar-refractivity contribution >= 4 is 22.8 Å². The van der Waals surface area contributed by atoms with Gasteiger partial charge in [-0.1, -0.05) is 0 Å². The molecule has 0 fully saturated rings. The molecule has 15 heavy (non-hydrogen) atoms. The number of halogens is 2. The zero-order valence-electron chi connectivity index (χ0n) is 8.54. The highest BCUT2D eigenvalue weighted by atomic mass is 35.5. The predicted octanol–water partition coefficient (Wildman–Crippen LogP) is 2.89. The van der Waals surface area contributed by atoms with Crippen molar-refractivity contribution in [3.8, 4) is 0 Å². The topological polar surface area (TPSA) is 30.7 Å². The first-order chi connectivity index (χ1) is 7.13. The van der Waals surface area contributed by atoms with Crippen LogP contribution in [-0.4, -0.2) is 14.5 Å². The minimum absolute atomic E-state index is 0.206. The fourth-order valence-electron chi connectivity index (χ4n) is 1.62. The lowest BCUT2D eigenvalue weighted by Crippen LogP contribution is -2.02. The lowest BCUT2D eigenvalue weighted by molar-refractivity contribution is 0.623. The normalized spacial score (nSPS) is 13.3. The maximum Gasteiger partial charge on any atom is 0.160 e. The van der Waals surface area contributed by atoms with Gasteiger partial charge in [0.25, 0.3) is 0 Å². The molecule has 3 nitrogen and oxygen atoms in total. The van der Waals surface area contributed by atoms with Gasteiger partial charge in [0.2, 0.25) is 0 Å². The molecule has 0 N–H and O–H groups in total. The average molecular weight is 228 g/mol. The number of fused-ring (bicyclic) bond motifs is 1. The van der Waals surface area contributed by atoms with Crippen molar-refractivity contribution in [1.29, 1.82) is 0 Å². The second kappa shape index (κ2) is 3.77. The molecule has 2 heterocycles. The third-order valence-corrected chi connectivity index (χ3v) is 2.45. The molecule has 0 amide bonds. The summed E-state index contributed by atoms with van der Waals surface area (Å²) in [5.41, 5.74) is 1.24. The Labute approximate surface area is 91.9 Å². The van der Waals surface area contributed by atoms with Gasteiger partial charge in [-0.2, -0.15) is 0 Å². The third kappa shape index (κ3) is 1.69. The summed E-state index contributed by atoms with van der Waals surface area (Å²) in [6.07, 6.45) is 1.19. The molecule has 0 bridgehead atoms. The molecule has 0 aliphatic rings. The zero-order chi connectivity index (χ0) is 11.0. The minimum Gasteiger partial charge on any atom is -0.312 e. The van der Waals surface area contributed by atoms with Crippen molar-refractivity contribution in [3.63, 3.8) is 0 Å². The van der Waals surface area contributed by atoms with Crippen LogP contribution in [0.5, 0.6) is 0 Å². The molecule has 1 atom stereocenters. The van der Waals surface area contributed by atoms with Gasteiger partial charge in [0.1, 0.15) is 17.2 Å². The van der Waals surface area contributed by atoms with Crippen molar-refractivity contribution < 1.29 is 4.39 Å². The number of aryl methyl sites for hydroxylation is 1. The van der Waals surface area contributed by atoms with Gasteiger partial charge in [0.05, 0.1) is 11.6 Å². The Bertz CT molecular complexity index is 493. The molecule has 0 aliphatic heterocycles. The standard InChI is InChI=1S/C10H11ClFN3/c1-3-15-9(6(2)11)14-8-4-7(12)5-13-10(8)15/h4-6H,3H2,1-2H3. The fourth-order valence-corrected chi connectivity index (χ4v) is 1.79. The van der Waals surface area contributed by atoms with Crippen LogP contribution in [0.1, 0.15) is 25.0 Å². The van der Waals surface area contributed by atoms with Crippen molar-refractivity contribution in [3.05, 3.63) is 23.9 Å². The summed E-state index contributed by atoms with van der Waals surface area (Å²) in [7, 11) is 0. The molecular weight excluding hydrogens is 217 g/mol. The first-order valence-electron chi connectivity index (χ1n) is 4.79. The van der Waals surface area contributed by atoms with E-state index in [9.17, 15) is 4.39 Å². The molecular formula is C10H11ClFN3. The third-order valence-electron chi connectivity index (χ3n) is 2.25. The van der Waals surface area contributed by atoms with Gasteiger partial charge < -0.3 is 4.57 Å². The highest BCUT2D eigenvalue weighted by Gasteiger charge is 2.14. The summed E-state index contributed by atoms with van der Waals surface area (Å²) >= 11 is 5.99. The van der Waals surface area contributed by atoms with Crippen LogP contribution in [0, 0.1) is 5.82 Å². The van der Waals surface area contributed by atoms with Gasteiger partial charge in [-0.3, -0.25) is 0 Å². The summed E-state index contributed by atoms with van der Waals surface area (Å²) in [6.45, 7) is 4.54. The maximum absolute atomic E-state index is 12.9. The van der Waals surface area contributed by atoms with Gasteiger partial charge in [-0.25, -0.2) is 14.4 Å². The summed E-state index contributed by atoms with van der Waals surface area (Å²) in [5, 5.41) is -0.206. The minimum atomic E-state index is -0.378. The molecule has 5 heteroatoms. The van der Waals surface area contributed by atoms with Gasteiger partial charge in [-0.15, -0.1) is 11.6 Å². The summed E-state index contributed by atoms with van der Waals surface area (Å²) in [4.78, 5) is 8.29. The van der Waals surface area contributed by atoms with E-state index in [1.807, 2.05) is 18.4 Å². The van der Waals surface area contributed by atoms with Gasteiger partial charge >= 0.3 is 0 Å². The van der Waals surface area contributed by atoms with Crippen LogP contribution in [0.25, 0.3) is 11.2 Å². The van der Waals surface area contributed by atoms with Crippen LogP contribution in [0.15, 0.2) is 12.3 Å². The molecule has 0 saturated carbocycles. The molecule has 2 aromatic heterocycles. The number of hydrogen-bond donors (Lipinski definition) is 0. The maximum atomic E-state index is 12.9. The van der Waals surface area contributed by atoms with Crippen LogP contribution in [-0.2, 0) is 6.54 Å². The first kappa shape index (κ1) is 10.4. The van der Waals surface area contributed by atoms with E-state index in [4.69, 9.17) is 11.6 Å². The van der Waals surface area contributed by atoms with E-state index in [0.29, 0.717) is 11.2 Å². The molecule has 0 saturated heterocycles. The van der Waals surface area contributed by atoms with E-state index < -0.39 is 0 Å². The number of aromatic nitrogens is 3. The van der Waals surface area contributed by atoms with Crippen molar-refractivity contribution in [1.82, 2.24) is 14.5 Å². The van der Waals surface area contributed by atoms with Crippen molar-refractivity contribution in [2.75, 3.05) is 0 Å². The second-order valence-electron chi connectivity index (χ2n) is 3.33. The van der Waals surface area contributed by atoms with Gasteiger partial charge in [-0.05, 0) is 13.8 Å². The predicted molar refractivity (Wildman–Crippen MR) is 57.4 cm³/mol. The molecule has 0 aromatic carbocycles. The lowest BCUT2D eigenvalue weighted by atomic mass is 10.4. The van der Waals surface area contributed by atoms with E-state index in [-0.39, 0.29) is 11.2 Å². The molecule has 0 radical (unpaired) electrons. The Morgan fingerprint density at radius 2 is 2.33 bits per heavy atom. The SMILES string of the molecule is CCn1c(C(C)Cl)nc2cc(F)cnc21. The van der Waals surface area contributed by atoms with E-state index in [0.717, 1.165) is 12.4 Å². The van der Waals surface area contributed by atoms with Crippen molar-refractivity contribution in [2.45, 2.75) is 25.8 Å². The Morgan fingerprint density at radius 3 is 2.93 bits per heavy atom. The van der Waals surface area contributed by atoms with Gasteiger partial charge in [0, 0.05) is 12.6 Å². The van der Waals surface area contributed by atoms with Crippen molar-refractivity contribution in [2.24, 2.45) is 0 Å². The lowest BCUT2D eigenvalue weighted by Gasteiger charge is -2.05.